The van der Waals surface area contributed by atoms with Crippen LogP contribution >= 0.6 is 0 Å². The molecule has 0 saturated heterocycles. The molecule has 0 heterocycles. The molecule has 0 unspecified atom stereocenters. The number of alkyl halides is 12. The van der Waals surface area contributed by atoms with E-state index in [0.29, 0.717) is 0 Å². The Morgan fingerprint density at radius 3 is 1.10 bits per heavy atom. The Kier molecular flexibility index (Phi) is 5.62. The van der Waals surface area contributed by atoms with Crippen LogP contribution in [0.3, 0.4) is 0 Å². The molecule has 4 N–H and O–H groups in total. The van der Waals surface area contributed by atoms with Gasteiger partial charge in [-0.15, -0.1) is 0 Å². The van der Waals surface area contributed by atoms with Crippen molar-refractivity contribution in [2.45, 2.75) is 30.1 Å². The Bertz CT molecular complexity index is 909. The summed E-state index contributed by atoms with van der Waals surface area (Å²) >= 11 is 0. The summed E-state index contributed by atoms with van der Waals surface area (Å²) in [5.41, 5.74) is -5.17. The lowest BCUT2D eigenvalue weighted by molar-refractivity contribution is -0.323. The predicted octanol–water partition coefficient (Wildman–Crippen LogP) is 6.30. The van der Waals surface area contributed by atoms with Gasteiger partial charge in [0.1, 0.15) is 0 Å². The van der Waals surface area contributed by atoms with Crippen LogP contribution in [-0.4, -0.2) is 12.1 Å². The van der Waals surface area contributed by atoms with Crippen LogP contribution in [0, 0.1) is 0 Å². The van der Waals surface area contributed by atoms with Gasteiger partial charge in [-0.3, -0.25) is 0 Å². The minimum Gasteiger partial charge on any atom is -0.398 e. The number of rotatable bonds is 3. The van der Waals surface area contributed by atoms with Gasteiger partial charge in [0.2, 0.25) is 5.67 Å². The fraction of sp³-hybridized carbons (Fsp3) is 0.294. The summed E-state index contributed by atoms with van der Waals surface area (Å²) in [7, 11) is 0. The summed E-state index contributed by atoms with van der Waals surface area (Å²) in [5, 5.41) is 0. The van der Waals surface area contributed by atoms with Crippen LogP contribution in [0.15, 0.2) is 36.4 Å². The van der Waals surface area contributed by atoms with E-state index in [0.717, 1.165) is 0 Å². The fourth-order valence-electron chi connectivity index (χ4n) is 2.76. The number of halogens is 12. The van der Waals surface area contributed by atoms with Crippen molar-refractivity contribution in [3.63, 3.8) is 0 Å². The van der Waals surface area contributed by atoms with Crippen LogP contribution in [0.1, 0.15) is 22.3 Å². The zero-order valence-electron chi connectivity index (χ0n) is 14.7. The van der Waals surface area contributed by atoms with Gasteiger partial charge in [-0.05, 0) is 24.3 Å². The quantitative estimate of drug-likeness (QED) is 0.409. The first-order valence-electron chi connectivity index (χ1n) is 7.82. The predicted molar refractivity (Wildman–Crippen MR) is 84.6 cm³/mol. The van der Waals surface area contributed by atoms with Crippen molar-refractivity contribution in [1.82, 2.24) is 0 Å². The number of hydrogen-bond acceptors (Lipinski definition) is 2. The molecule has 31 heavy (non-hydrogen) atoms. The van der Waals surface area contributed by atoms with E-state index in [1.165, 1.54) is 0 Å². The summed E-state index contributed by atoms with van der Waals surface area (Å²) < 4.78 is 162. The molecule has 0 aromatic heterocycles. The average molecular weight is 470 g/mol. The van der Waals surface area contributed by atoms with Gasteiger partial charge < -0.3 is 11.5 Å². The summed E-state index contributed by atoms with van der Waals surface area (Å²) in [4.78, 5) is 0. The van der Waals surface area contributed by atoms with Crippen LogP contribution in [-0.2, 0) is 18.0 Å². The Balaban J connectivity index is 2.96. The van der Waals surface area contributed by atoms with E-state index in [1.54, 1.807) is 0 Å². The monoisotopic (exact) mass is 470 g/mol. The maximum atomic E-state index is 15.6. The second-order valence-corrected chi connectivity index (χ2v) is 6.33. The standard InChI is InChI=1S/C17H10F12N2/c18-13(16(25,26)17(27,28)29,7-1-3-11(30)9(5-7)14(19,20)21)8-2-4-12(31)10(6-8)15(22,23)24/h1-6H,30-31H2. The van der Waals surface area contributed by atoms with E-state index in [1.807, 2.05) is 0 Å². The highest BCUT2D eigenvalue weighted by molar-refractivity contribution is 5.56. The smallest absolute Gasteiger partial charge is 0.398 e. The maximum absolute atomic E-state index is 15.6. The van der Waals surface area contributed by atoms with Crippen molar-refractivity contribution >= 4 is 11.4 Å². The van der Waals surface area contributed by atoms with Gasteiger partial charge in [-0.25, -0.2) is 4.39 Å². The van der Waals surface area contributed by atoms with E-state index in [4.69, 9.17) is 11.5 Å². The highest BCUT2D eigenvalue weighted by atomic mass is 19.4. The topological polar surface area (TPSA) is 52.0 Å². The summed E-state index contributed by atoms with van der Waals surface area (Å²) in [6.07, 6.45) is -17.5. The first kappa shape index (κ1) is 24.5. The van der Waals surface area contributed by atoms with Crippen LogP contribution in [0.5, 0.6) is 0 Å². The molecule has 2 rings (SSSR count). The third-order valence-corrected chi connectivity index (χ3v) is 4.30. The van der Waals surface area contributed by atoms with E-state index in [-0.39, 0.29) is 24.3 Å². The molecular formula is C17H10F12N2. The van der Waals surface area contributed by atoms with Gasteiger partial charge in [0.25, 0.3) is 0 Å². The van der Waals surface area contributed by atoms with Gasteiger partial charge in [0.15, 0.2) is 0 Å². The van der Waals surface area contributed by atoms with Crippen molar-refractivity contribution < 1.29 is 52.7 Å². The Hall–Kier alpha value is -2.80. The molecule has 0 aliphatic carbocycles. The molecule has 0 bridgehead atoms. The minimum atomic E-state index is -6.71. The van der Waals surface area contributed by atoms with E-state index < -0.39 is 75.9 Å². The van der Waals surface area contributed by atoms with Gasteiger partial charge in [0, 0.05) is 22.5 Å². The van der Waals surface area contributed by atoms with Crippen molar-refractivity contribution in [2.75, 3.05) is 11.5 Å². The lowest BCUT2D eigenvalue weighted by Crippen LogP contribution is -2.53. The number of nitrogens with two attached hydrogens (primary N) is 2. The van der Waals surface area contributed by atoms with Crippen LogP contribution in [0.25, 0.3) is 0 Å². The lowest BCUT2D eigenvalue weighted by atomic mass is 9.80. The second kappa shape index (κ2) is 7.12. The maximum Gasteiger partial charge on any atom is 0.457 e. The second-order valence-electron chi connectivity index (χ2n) is 6.33. The van der Waals surface area contributed by atoms with Gasteiger partial charge in [-0.2, -0.15) is 48.3 Å². The molecule has 14 heteroatoms. The largest absolute Gasteiger partial charge is 0.457 e. The van der Waals surface area contributed by atoms with E-state index >= 15 is 4.39 Å². The van der Waals surface area contributed by atoms with Crippen molar-refractivity contribution in [2.24, 2.45) is 0 Å². The highest BCUT2D eigenvalue weighted by Gasteiger charge is 2.73. The summed E-state index contributed by atoms with van der Waals surface area (Å²) in [6, 6.07) is -0.235. The average Bonchev–Trinajstić information content (AvgIpc) is 2.58. The molecule has 2 aromatic rings. The molecule has 0 amide bonds. The first-order valence-corrected chi connectivity index (χ1v) is 7.82. The molecule has 0 saturated carbocycles. The van der Waals surface area contributed by atoms with E-state index in [2.05, 4.69) is 0 Å². The molecule has 172 valence electrons. The van der Waals surface area contributed by atoms with Gasteiger partial charge in [-0.1, -0.05) is 12.1 Å². The molecule has 0 aliphatic rings. The summed E-state index contributed by atoms with van der Waals surface area (Å²) in [5.74, 6) is -6.46. The molecule has 2 aromatic carbocycles. The molecule has 0 atom stereocenters. The molecular weight excluding hydrogens is 460 g/mol. The molecule has 0 aliphatic heterocycles. The Labute approximate surface area is 165 Å². The van der Waals surface area contributed by atoms with Gasteiger partial charge >= 0.3 is 24.5 Å². The van der Waals surface area contributed by atoms with Crippen LogP contribution in [0.2, 0.25) is 0 Å². The normalized spacial score (nSPS) is 14.1. The third kappa shape index (κ3) is 4.06. The van der Waals surface area contributed by atoms with Gasteiger partial charge in [0.05, 0.1) is 11.1 Å². The Morgan fingerprint density at radius 2 is 0.839 bits per heavy atom. The van der Waals surface area contributed by atoms with Crippen LogP contribution in [0.4, 0.5) is 64.1 Å². The van der Waals surface area contributed by atoms with E-state index in [9.17, 15) is 48.3 Å². The first-order chi connectivity index (χ1) is 13.7. The van der Waals surface area contributed by atoms with Crippen molar-refractivity contribution in [3.8, 4) is 0 Å². The fourth-order valence-corrected chi connectivity index (χ4v) is 2.76. The molecule has 0 spiro atoms. The zero-order chi connectivity index (χ0) is 24.2. The third-order valence-electron chi connectivity index (χ3n) is 4.30. The number of benzene rings is 2. The van der Waals surface area contributed by atoms with Crippen LogP contribution < -0.4 is 11.5 Å². The highest BCUT2D eigenvalue weighted by Crippen LogP contribution is 2.55. The summed E-state index contributed by atoms with van der Waals surface area (Å²) in [6.45, 7) is 0. The lowest BCUT2D eigenvalue weighted by Gasteiger charge is -2.36. The number of anilines is 2. The zero-order valence-corrected chi connectivity index (χ0v) is 14.7. The minimum absolute atomic E-state index is 0.0911. The molecule has 0 radical (unpaired) electrons. The molecule has 2 nitrogen and oxygen atoms in total. The molecule has 0 fully saturated rings. The van der Waals surface area contributed by atoms with Crippen molar-refractivity contribution in [1.29, 1.82) is 0 Å². The number of hydrogen-bond donors (Lipinski definition) is 2. The Morgan fingerprint density at radius 1 is 0.516 bits per heavy atom. The number of nitrogen functional groups attached to an aromatic ring is 2. The van der Waals surface area contributed by atoms with Crippen molar-refractivity contribution in [3.05, 3.63) is 58.7 Å². The SMILES string of the molecule is Nc1ccc(C(F)(c2ccc(N)c(C(F)(F)F)c2)C(F)(F)C(F)(F)F)cc1C(F)(F)F.